The molecule has 4 nitrogen and oxygen atoms in total. The Labute approximate surface area is 127 Å². The lowest BCUT2D eigenvalue weighted by atomic mass is 10.1. The summed E-state index contributed by atoms with van der Waals surface area (Å²) in [6, 6.07) is 10.8. The first-order valence-electron chi connectivity index (χ1n) is 7.79. The third-order valence-electron chi connectivity index (χ3n) is 3.86. The fourth-order valence-electron chi connectivity index (χ4n) is 2.42. The second-order valence-electron chi connectivity index (χ2n) is 5.30. The van der Waals surface area contributed by atoms with Crippen molar-refractivity contribution >= 4 is 5.69 Å². The van der Waals surface area contributed by atoms with Crippen molar-refractivity contribution < 1.29 is 0 Å². The van der Waals surface area contributed by atoms with Crippen LogP contribution in [-0.2, 0) is 6.54 Å². The first kappa shape index (κ1) is 15.6. The van der Waals surface area contributed by atoms with Crippen molar-refractivity contribution in [2.24, 2.45) is 0 Å². The van der Waals surface area contributed by atoms with Gasteiger partial charge in [0.15, 0.2) is 0 Å². The number of benzene rings is 1. The zero-order valence-corrected chi connectivity index (χ0v) is 13.3. The zero-order chi connectivity index (χ0) is 15.1. The number of rotatable bonds is 8. The maximum atomic E-state index is 4.43. The van der Waals surface area contributed by atoms with E-state index in [1.165, 1.54) is 5.56 Å². The minimum Gasteiger partial charge on any atom is -0.376 e. The molecule has 0 amide bonds. The van der Waals surface area contributed by atoms with Crippen molar-refractivity contribution in [1.82, 2.24) is 14.7 Å². The molecule has 0 spiro atoms. The Balaban J connectivity index is 1.88. The number of nitrogens with zero attached hydrogens (tertiary/aromatic N) is 3. The van der Waals surface area contributed by atoms with Crippen LogP contribution in [0, 0.1) is 0 Å². The third kappa shape index (κ3) is 4.60. The Kier molecular flexibility index (Phi) is 5.81. The van der Waals surface area contributed by atoms with Crippen LogP contribution < -0.4 is 5.32 Å². The van der Waals surface area contributed by atoms with E-state index in [2.05, 4.69) is 66.5 Å². The lowest BCUT2D eigenvalue weighted by molar-refractivity contribution is 0.285. The molecule has 0 saturated heterocycles. The summed E-state index contributed by atoms with van der Waals surface area (Å²) in [4.78, 5) is 2.40. The zero-order valence-electron chi connectivity index (χ0n) is 13.3. The van der Waals surface area contributed by atoms with E-state index < -0.39 is 0 Å². The van der Waals surface area contributed by atoms with Gasteiger partial charge in [-0.25, -0.2) is 0 Å². The van der Waals surface area contributed by atoms with Gasteiger partial charge in [-0.05, 0) is 25.6 Å². The average Bonchev–Trinajstić information content (AvgIpc) is 2.96. The fourth-order valence-corrected chi connectivity index (χ4v) is 2.42. The van der Waals surface area contributed by atoms with Gasteiger partial charge in [0, 0.05) is 18.8 Å². The molecule has 1 atom stereocenters. The summed E-state index contributed by atoms with van der Waals surface area (Å²) >= 11 is 0. The predicted molar refractivity (Wildman–Crippen MR) is 88.5 cm³/mol. The van der Waals surface area contributed by atoms with Crippen molar-refractivity contribution in [3.05, 3.63) is 48.3 Å². The standard InChI is InChI=1S/C17H26N4/c1-4-20(5-2)11-12-21-14-17(13-18-21)19-15(3)16-9-7-6-8-10-16/h6-10,13-15,19H,4-5,11-12H2,1-3H3. The highest BCUT2D eigenvalue weighted by Crippen LogP contribution is 2.18. The summed E-state index contributed by atoms with van der Waals surface area (Å²) in [6.45, 7) is 10.7. The summed E-state index contributed by atoms with van der Waals surface area (Å²) < 4.78 is 2.01. The number of anilines is 1. The van der Waals surface area contributed by atoms with Crippen LogP contribution in [0.25, 0.3) is 0 Å². The van der Waals surface area contributed by atoms with Crippen LogP contribution in [0.3, 0.4) is 0 Å². The van der Waals surface area contributed by atoms with E-state index in [4.69, 9.17) is 0 Å². The topological polar surface area (TPSA) is 33.1 Å². The molecule has 0 bridgehead atoms. The minimum atomic E-state index is 0.284. The van der Waals surface area contributed by atoms with Gasteiger partial charge in [0.1, 0.15) is 0 Å². The maximum absolute atomic E-state index is 4.43. The Bertz CT molecular complexity index is 517. The molecule has 1 heterocycles. The van der Waals surface area contributed by atoms with Crippen LogP contribution >= 0.6 is 0 Å². The van der Waals surface area contributed by atoms with Crippen molar-refractivity contribution in [3.8, 4) is 0 Å². The molecule has 0 aliphatic heterocycles. The first-order valence-corrected chi connectivity index (χ1v) is 7.79. The van der Waals surface area contributed by atoms with E-state index in [9.17, 15) is 0 Å². The van der Waals surface area contributed by atoms with Gasteiger partial charge in [0.25, 0.3) is 0 Å². The molecule has 21 heavy (non-hydrogen) atoms. The third-order valence-corrected chi connectivity index (χ3v) is 3.86. The largest absolute Gasteiger partial charge is 0.376 e. The highest BCUT2D eigenvalue weighted by atomic mass is 15.3. The van der Waals surface area contributed by atoms with Crippen molar-refractivity contribution in [2.75, 3.05) is 25.0 Å². The van der Waals surface area contributed by atoms with Gasteiger partial charge >= 0.3 is 0 Å². The van der Waals surface area contributed by atoms with Gasteiger partial charge in [-0.1, -0.05) is 44.2 Å². The highest BCUT2D eigenvalue weighted by molar-refractivity contribution is 5.41. The van der Waals surface area contributed by atoms with E-state index in [-0.39, 0.29) is 6.04 Å². The number of likely N-dealkylation sites (N-methyl/N-ethyl adjacent to an activating group) is 1. The summed E-state index contributed by atoms with van der Waals surface area (Å²) in [5, 5.41) is 7.93. The van der Waals surface area contributed by atoms with Crippen LogP contribution in [0.2, 0.25) is 0 Å². The molecular weight excluding hydrogens is 260 g/mol. The average molecular weight is 286 g/mol. The first-order chi connectivity index (χ1) is 10.2. The molecule has 0 saturated carbocycles. The molecule has 1 aromatic carbocycles. The van der Waals surface area contributed by atoms with Gasteiger partial charge in [-0.3, -0.25) is 4.68 Å². The van der Waals surface area contributed by atoms with Gasteiger partial charge in [-0.2, -0.15) is 5.10 Å². The summed E-state index contributed by atoms with van der Waals surface area (Å²) in [6.07, 6.45) is 3.99. The van der Waals surface area contributed by atoms with Crippen LogP contribution in [0.4, 0.5) is 5.69 Å². The molecule has 0 aliphatic rings. The molecule has 2 aromatic rings. The molecule has 0 fully saturated rings. The fraction of sp³-hybridized carbons (Fsp3) is 0.471. The molecule has 2 rings (SSSR count). The van der Waals surface area contributed by atoms with Crippen LogP contribution in [0.5, 0.6) is 0 Å². The Morgan fingerprint density at radius 2 is 1.90 bits per heavy atom. The summed E-state index contributed by atoms with van der Waals surface area (Å²) in [5.41, 5.74) is 2.36. The molecule has 114 valence electrons. The van der Waals surface area contributed by atoms with E-state index in [1.54, 1.807) is 0 Å². The Hall–Kier alpha value is -1.81. The molecule has 0 aliphatic carbocycles. The van der Waals surface area contributed by atoms with Crippen molar-refractivity contribution in [2.45, 2.75) is 33.4 Å². The molecule has 1 N–H and O–H groups in total. The Morgan fingerprint density at radius 1 is 1.19 bits per heavy atom. The van der Waals surface area contributed by atoms with E-state index in [1.807, 2.05) is 16.9 Å². The summed E-state index contributed by atoms with van der Waals surface area (Å²) in [5.74, 6) is 0. The maximum Gasteiger partial charge on any atom is 0.0731 e. The van der Waals surface area contributed by atoms with Crippen LogP contribution in [0.15, 0.2) is 42.7 Å². The SMILES string of the molecule is CCN(CC)CCn1cc(NC(C)c2ccccc2)cn1. The monoisotopic (exact) mass is 286 g/mol. The summed E-state index contributed by atoms with van der Waals surface area (Å²) in [7, 11) is 0. The van der Waals surface area contributed by atoms with E-state index in [0.717, 1.165) is 31.9 Å². The van der Waals surface area contributed by atoms with E-state index in [0.29, 0.717) is 0 Å². The highest BCUT2D eigenvalue weighted by Gasteiger charge is 2.06. The molecule has 4 heteroatoms. The van der Waals surface area contributed by atoms with Gasteiger partial charge in [0.2, 0.25) is 0 Å². The molecule has 1 aromatic heterocycles. The number of aromatic nitrogens is 2. The second-order valence-corrected chi connectivity index (χ2v) is 5.30. The minimum absolute atomic E-state index is 0.284. The molecule has 1 unspecified atom stereocenters. The van der Waals surface area contributed by atoms with Gasteiger partial charge in [-0.15, -0.1) is 0 Å². The number of hydrogen-bond donors (Lipinski definition) is 1. The smallest absolute Gasteiger partial charge is 0.0731 e. The number of hydrogen-bond acceptors (Lipinski definition) is 3. The molecular formula is C17H26N4. The number of nitrogens with one attached hydrogen (secondary N) is 1. The second kappa shape index (κ2) is 7.84. The predicted octanol–water partition coefficient (Wildman–Crippen LogP) is 3.40. The van der Waals surface area contributed by atoms with Crippen molar-refractivity contribution in [3.63, 3.8) is 0 Å². The van der Waals surface area contributed by atoms with Crippen molar-refractivity contribution in [1.29, 1.82) is 0 Å². The van der Waals surface area contributed by atoms with Crippen LogP contribution in [-0.4, -0.2) is 34.3 Å². The van der Waals surface area contributed by atoms with Gasteiger partial charge < -0.3 is 10.2 Å². The lowest BCUT2D eigenvalue weighted by Gasteiger charge is -2.17. The molecule has 0 radical (unpaired) electrons. The normalized spacial score (nSPS) is 12.6. The quantitative estimate of drug-likeness (QED) is 0.807. The van der Waals surface area contributed by atoms with E-state index >= 15 is 0 Å². The Morgan fingerprint density at radius 3 is 2.57 bits per heavy atom. The lowest BCUT2D eigenvalue weighted by Crippen LogP contribution is -2.27. The van der Waals surface area contributed by atoms with Gasteiger partial charge in [0.05, 0.1) is 18.4 Å². The van der Waals surface area contributed by atoms with Crippen LogP contribution in [0.1, 0.15) is 32.4 Å².